The van der Waals surface area contributed by atoms with Crippen molar-refractivity contribution in [1.82, 2.24) is 4.90 Å². The topological polar surface area (TPSA) is 57.2 Å². The average Bonchev–Trinajstić information content (AvgIpc) is 2.67. The van der Waals surface area contributed by atoms with Gasteiger partial charge in [-0.1, -0.05) is 50.2 Å². The summed E-state index contributed by atoms with van der Waals surface area (Å²) in [6.45, 7) is 5.15. The first kappa shape index (κ1) is 23.1. The third kappa shape index (κ3) is 7.32. The molecule has 1 aliphatic heterocycles. The summed E-state index contributed by atoms with van der Waals surface area (Å²) in [4.78, 5) is 1.78. The fraction of sp³-hybridized carbons (Fsp3) is 0.263. The van der Waals surface area contributed by atoms with E-state index in [9.17, 15) is 4.57 Å². The predicted octanol–water partition coefficient (Wildman–Crippen LogP) is 5.05. The maximum atomic E-state index is 13.2. The smallest absolute Gasteiger partial charge is 0.494 e. The van der Waals surface area contributed by atoms with Crippen LogP contribution in [-0.4, -0.2) is 25.1 Å². The summed E-state index contributed by atoms with van der Waals surface area (Å²) in [7, 11) is -2.15. The monoisotopic (exact) mass is 561 g/mol. The normalized spacial score (nSPS) is 13.0. The third-order valence-corrected chi connectivity index (χ3v) is 4.51. The summed E-state index contributed by atoms with van der Waals surface area (Å²) < 4.78 is 35.1. The molecule has 27 heavy (non-hydrogen) atoms. The van der Waals surface area contributed by atoms with Gasteiger partial charge in [0, 0.05) is 28.1 Å². The van der Waals surface area contributed by atoms with Crippen LogP contribution in [0.4, 0.5) is 0 Å². The Hall–Kier alpha value is -1.90. The van der Waals surface area contributed by atoms with Gasteiger partial charge in [0.1, 0.15) is 24.4 Å². The van der Waals surface area contributed by atoms with Gasteiger partial charge in [-0.3, -0.25) is 0 Å². The quantitative estimate of drug-likeness (QED) is 0.461. The number of hydrogen-bond donors (Lipinski definition) is 0. The molecule has 146 valence electrons. The fourth-order valence-electron chi connectivity index (χ4n) is 2.00. The molecule has 0 saturated heterocycles. The van der Waals surface area contributed by atoms with Crippen molar-refractivity contribution in [3.63, 3.8) is 0 Å². The van der Waals surface area contributed by atoms with Crippen molar-refractivity contribution in [3.05, 3.63) is 72.8 Å². The average molecular weight is 561 g/mol. The maximum absolute atomic E-state index is 13.2. The van der Waals surface area contributed by atoms with Gasteiger partial charge >= 0.3 is 7.82 Å². The van der Waals surface area contributed by atoms with Crippen LogP contribution >= 0.6 is 7.82 Å². The number of benzene rings is 2. The molecule has 3 rings (SSSR count). The Morgan fingerprint density at radius 2 is 1.37 bits per heavy atom. The Morgan fingerprint density at radius 1 is 0.889 bits per heavy atom. The van der Waals surface area contributed by atoms with Crippen molar-refractivity contribution in [2.24, 2.45) is 0 Å². The minimum absolute atomic E-state index is 0. The zero-order valence-corrected chi connectivity index (χ0v) is 19.4. The molecule has 0 aliphatic carbocycles. The summed E-state index contributed by atoms with van der Waals surface area (Å²) in [6, 6.07) is 17.5. The van der Waals surface area contributed by atoms with E-state index in [4.69, 9.17) is 18.3 Å². The van der Waals surface area contributed by atoms with Crippen LogP contribution in [0.5, 0.6) is 11.5 Å². The number of hydrogen-bond acceptors (Lipinski definition) is 6. The zero-order chi connectivity index (χ0) is 18.8. The van der Waals surface area contributed by atoms with Gasteiger partial charge in [-0.25, -0.2) is 0 Å². The van der Waals surface area contributed by atoms with Crippen molar-refractivity contribution in [2.75, 3.05) is 20.2 Å². The number of nitrogens with zero attached hydrogens (tertiary/aromatic N) is 1. The van der Waals surface area contributed by atoms with Gasteiger partial charge in [-0.05, 0) is 24.3 Å². The molecule has 0 unspecified atom stereocenters. The predicted molar refractivity (Wildman–Crippen MR) is 101 cm³/mol. The second kappa shape index (κ2) is 11.7. The first-order chi connectivity index (χ1) is 12.6. The number of ether oxygens (including phenoxy) is 1. The largest absolute Gasteiger partial charge is 0.648 e. The van der Waals surface area contributed by atoms with E-state index in [2.05, 4.69) is 0 Å². The minimum Gasteiger partial charge on any atom is -0.494 e. The number of phosphoric acid groups is 1. The molecule has 0 aromatic heterocycles. The minimum atomic E-state index is -3.96. The van der Waals surface area contributed by atoms with E-state index in [1.54, 1.807) is 53.4 Å². The molecule has 0 atom stereocenters. The van der Waals surface area contributed by atoms with Gasteiger partial charge in [0.2, 0.25) is 5.88 Å². The summed E-state index contributed by atoms with van der Waals surface area (Å²) in [5.41, 5.74) is 0. The van der Waals surface area contributed by atoms with Gasteiger partial charge in [0.05, 0.1) is 6.54 Å². The Labute approximate surface area is 175 Å². The van der Waals surface area contributed by atoms with Crippen LogP contribution in [0, 0.1) is 0 Å². The third-order valence-electron chi connectivity index (χ3n) is 3.23. The van der Waals surface area contributed by atoms with E-state index < -0.39 is 7.82 Å². The number of phosphoric ester groups is 1. The Bertz CT molecular complexity index is 697. The van der Waals surface area contributed by atoms with E-state index in [0.717, 1.165) is 0 Å². The molecular weight excluding hydrogens is 537 g/mol. The van der Waals surface area contributed by atoms with Crippen molar-refractivity contribution >= 4 is 7.82 Å². The molecule has 0 spiro atoms. The molecular formula is C19H24NO5PW. The first-order valence-corrected chi connectivity index (χ1v) is 9.92. The van der Waals surface area contributed by atoms with Gasteiger partial charge in [0.25, 0.3) is 0 Å². The molecule has 0 bridgehead atoms. The van der Waals surface area contributed by atoms with Gasteiger partial charge in [0.15, 0.2) is 0 Å². The zero-order valence-electron chi connectivity index (χ0n) is 15.6. The second-order valence-electron chi connectivity index (χ2n) is 5.10. The van der Waals surface area contributed by atoms with Gasteiger partial charge in [-0.15, -0.1) is 0 Å². The van der Waals surface area contributed by atoms with Crippen molar-refractivity contribution in [3.8, 4) is 11.5 Å². The molecule has 2 aromatic carbocycles. The summed E-state index contributed by atoms with van der Waals surface area (Å²) in [5, 5.41) is 0. The van der Waals surface area contributed by atoms with E-state index >= 15 is 0 Å². The standard InChI is InChI=1S/C17H18NO5P.C2H6.W/c1-18-12-13-20-14-17(18)23-24(19,21-15-8-4-2-5-9-15)22-16-10-6-3-7-11-16;1-2;/h2-11,14H,12-13H2,1H3;1-2H3;. The molecule has 0 fully saturated rings. The molecule has 8 heteroatoms. The summed E-state index contributed by atoms with van der Waals surface area (Å²) >= 11 is 0. The summed E-state index contributed by atoms with van der Waals surface area (Å²) in [5.74, 6) is 1.06. The van der Waals surface area contributed by atoms with Crippen LogP contribution in [-0.2, 0) is 34.9 Å². The molecule has 1 heterocycles. The Kier molecular flexibility index (Phi) is 10.1. The maximum Gasteiger partial charge on any atom is 0.648 e. The first-order valence-electron chi connectivity index (χ1n) is 8.46. The number of rotatable bonds is 6. The van der Waals surface area contributed by atoms with Gasteiger partial charge in [-0.2, -0.15) is 4.57 Å². The van der Waals surface area contributed by atoms with Crippen LogP contribution in [0.15, 0.2) is 72.8 Å². The van der Waals surface area contributed by atoms with Crippen molar-refractivity contribution in [1.29, 1.82) is 0 Å². The van der Waals surface area contributed by atoms with Crippen LogP contribution in [0.1, 0.15) is 13.8 Å². The molecule has 0 amide bonds. The van der Waals surface area contributed by atoms with Gasteiger partial charge < -0.3 is 23.2 Å². The Balaban J connectivity index is 0.00000118. The van der Waals surface area contributed by atoms with E-state index in [-0.39, 0.29) is 26.9 Å². The van der Waals surface area contributed by atoms with Crippen LogP contribution < -0.4 is 9.05 Å². The van der Waals surface area contributed by atoms with Crippen LogP contribution in [0.2, 0.25) is 0 Å². The number of likely N-dealkylation sites (N-methyl/N-ethyl adjacent to an activating group) is 1. The molecule has 0 saturated carbocycles. The van der Waals surface area contributed by atoms with E-state index in [1.807, 2.05) is 33.0 Å². The SMILES string of the molecule is CC.CN1CCOC=C1OP(=O)(Oc1ccccc1)Oc1ccccc1.[W]. The molecule has 2 aromatic rings. The molecule has 1 aliphatic rings. The summed E-state index contributed by atoms with van der Waals surface area (Å²) in [6.07, 6.45) is 1.40. The molecule has 6 nitrogen and oxygen atoms in total. The van der Waals surface area contributed by atoms with E-state index in [0.29, 0.717) is 24.7 Å². The van der Waals surface area contributed by atoms with E-state index in [1.165, 1.54) is 6.26 Å². The Morgan fingerprint density at radius 3 is 1.81 bits per heavy atom. The molecule has 0 N–H and O–H groups in total. The molecule has 0 radical (unpaired) electrons. The fourth-order valence-corrected chi connectivity index (χ4v) is 3.29. The second-order valence-corrected chi connectivity index (χ2v) is 6.54. The van der Waals surface area contributed by atoms with Crippen LogP contribution in [0.25, 0.3) is 0 Å². The van der Waals surface area contributed by atoms with Crippen molar-refractivity contribution in [2.45, 2.75) is 13.8 Å². The number of para-hydroxylation sites is 2. The van der Waals surface area contributed by atoms with Crippen molar-refractivity contribution < 1.29 is 43.9 Å². The van der Waals surface area contributed by atoms with Crippen LogP contribution in [0.3, 0.4) is 0 Å².